The van der Waals surface area contributed by atoms with E-state index >= 15 is 0 Å². The zero-order chi connectivity index (χ0) is 13.1. The van der Waals surface area contributed by atoms with E-state index in [4.69, 9.17) is 10.5 Å². The fourth-order valence-corrected chi connectivity index (χ4v) is 1.68. The second kappa shape index (κ2) is 4.91. The number of nitrogen functional groups attached to an aromatic ring is 1. The number of aromatic nitrogens is 1. The number of halogens is 1. The van der Waals surface area contributed by atoms with Crippen LogP contribution in [-0.4, -0.2) is 11.6 Å². The average molecular weight is 248 g/mol. The fourth-order valence-electron chi connectivity index (χ4n) is 1.68. The van der Waals surface area contributed by atoms with Crippen molar-refractivity contribution < 1.29 is 9.13 Å². The van der Waals surface area contributed by atoms with Gasteiger partial charge in [-0.3, -0.25) is 4.79 Å². The summed E-state index contributed by atoms with van der Waals surface area (Å²) < 4.78 is 18.8. The van der Waals surface area contributed by atoms with Crippen LogP contribution in [0.15, 0.2) is 35.1 Å². The van der Waals surface area contributed by atoms with Gasteiger partial charge in [0.2, 0.25) is 5.56 Å². The standard InChI is InChI=1S/C13H13FN2O2/c1-2-18-11-4-3-8(5-10(11)14)9-6-12(15)16-13(17)7-9/h3-7H,2H2,1H3,(H3,15,16,17). The summed E-state index contributed by atoms with van der Waals surface area (Å²) in [5.74, 6) is -0.0286. The van der Waals surface area contributed by atoms with Crippen LogP contribution in [0.25, 0.3) is 11.1 Å². The highest BCUT2D eigenvalue weighted by Crippen LogP contribution is 2.25. The average Bonchev–Trinajstić information content (AvgIpc) is 2.30. The fraction of sp³-hybridized carbons (Fsp3) is 0.154. The lowest BCUT2D eigenvalue weighted by molar-refractivity contribution is 0.321. The molecule has 2 aromatic rings. The molecule has 2 rings (SSSR count). The van der Waals surface area contributed by atoms with Gasteiger partial charge in [-0.1, -0.05) is 6.07 Å². The molecule has 4 nitrogen and oxygen atoms in total. The molecule has 5 heteroatoms. The summed E-state index contributed by atoms with van der Waals surface area (Å²) in [6, 6.07) is 7.48. The minimum Gasteiger partial charge on any atom is -0.491 e. The lowest BCUT2D eigenvalue weighted by Gasteiger charge is -2.07. The van der Waals surface area contributed by atoms with E-state index in [-0.39, 0.29) is 17.1 Å². The molecular formula is C13H13FN2O2. The summed E-state index contributed by atoms with van der Waals surface area (Å²) in [5, 5.41) is 0. The molecule has 0 saturated heterocycles. The first-order valence-electron chi connectivity index (χ1n) is 5.52. The number of nitrogens with two attached hydrogens (primary N) is 1. The molecule has 94 valence electrons. The summed E-state index contributed by atoms with van der Waals surface area (Å²) in [4.78, 5) is 13.7. The maximum absolute atomic E-state index is 13.7. The van der Waals surface area contributed by atoms with Crippen molar-refractivity contribution in [3.8, 4) is 16.9 Å². The molecule has 0 saturated carbocycles. The molecule has 0 spiro atoms. The zero-order valence-corrected chi connectivity index (χ0v) is 9.87. The Hall–Kier alpha value is -2.30. The van der Waals surface area contributed by atoms with Crippen molar-refractivity contribution in [3.05, 3.63) is 46.5 Å². The lowest BCUT2D eigenvalue weighted by atomic mass is 10.1. The van der Waals surface area contributed by atoms with E-state index in [1.54, 1.807) is 19.1 Å². The van der Waals surface area contributed by atoms with Gasteiger partial charge in [0, 0.05) is 6.07 Å². The van der Waals surface area contributed by atoms with E-state index in [1.807, 2.05) is 0 Å². The van der Waals surface area contributed by atoms with Gasteiger partial charge in [-0.05, 0) is 36.2 Å². The molecule has 0 atom stereocenters. The highest BCUT2D eigenvalue weighted by molar-refractivity contribution is 5.66. The second-order valence-electron chi connectivity index (χ2n) is 3.77. The minimum atomic E-state index is -0.465. The van der Waals surface area contributed by atoms with Gasteiger partial charge in [-0.15, -0.1) is 0 Å². The first kappa shape index (κ1) is 12.2. The summed E-state index contributed by atoms with van der Waals surface area (Å²) in [5.41, 5.74) is 6.36. The van der Waals surface area contributed by atoms with Crippen molar-refractivity contribution >= 4 is 5.82 Å². The molecule has 0 bridgehead atoms. The molecule has 1 heterocycles. The van der Waals surface area contributed by atoms with Crippen molar-refractivity contribution in [2.45, 2.75) is 6.92 Å². The lowest BCUT2D eigenvalue weighted by Crippen LogP contribution is -2.07. The third-order valence-corrected chi connectivity index (χ3v) is 2.43. The number of nitrogens with one attached hydrogen (secondary N) is 1. The maximum atomic E-state index is 13.7. The topological polar surface area (TPSA) is 68.1 Å². The molecule has 1 aromatic heterocycles. The van der Waals surface area contributed by atoms with Gasteiger partial charge in [0.05, 0.1) is 6.61 Å². The molecule has 0 amide bonds. The Kier molecular flexibility index (Phi) is 3.32. The van der Waals surface area contributed by atoms with Gasteiger partial charge in [0.15, 0.2) is 11.6 Å². The molecule has 0 radical (unpaired) electrons. The van der Waals surface area contributed by atoms with E-state index in [9.17, 15) is 9.18 Å². The molecule has 3 N–H and O–H groups in total. The van der Waals surface area contributed by atoms with E-state index < -0.39 is 5.82 Å². The molecule has 0 aliphatic carbocycles. The number of hydrogen-bond donors (Lipinski definition) is 2. The summed E-state index contributed by atoms with van der Waals surface area (Å²) in [7, 11) is 0. The number of anilines is 1. The first-order chi connectivity index (χ1) is 8.60. The van der Waals surface area contributed by atoms with Crippen LogP contribution in [0, 0.1) is 5.82 Å². The zero-order valence-electron chi connectivity index (χ0n) is 9.87. The second-order valence-corrected chi connectivity index (χ2v) is 3.77. The summed E-state index contributed by atoms with van der Waals surface area (Å²) in [6.07, 6.45) is 0. The van der Waals surface area contributed by atoms with Crippen LogP contribution >= 0.6 is 0 Å². The van der Waals surface area contributed by atoms with Gasteiger partial charge in [-0.25, -0.2) is 4.39 Å². The van der Waals surface area contributed by atoms with Crippen LogP contribution in [0.3, 0.4) is 0 Å². The smallest absolute Gasteiger partial charge is 0.250 e. The van der Waals surface area contributed by atoms with Crippen molar-refractivity contribution in [1.29, 1.82) is 0 Å². The van der Waals surface area contributed by atoms with E-state index in [0.717, 1.165) is 0 Å². The van der Waals surface area contributed by atoms with Crippen LogP contribution in [0.2, 0.25) is 0 Å². The Labute approximate surface area is 103 Å². The van der Waals surface area contributed by atoms with Gasteiger partial charge in [0.25, 0.3) is 0 Å². The van der Waals surface area contributed by atoms with Gasteiger partial charge in [0.1, 0.15) is 5.82 Å². The summed E-state index contributed by atoms with van der Waals surface area (Å²) >= 11 is 0. The van der Waals surface area contributed by atoms with Crippen LogP contribution in [0.1, 0.15) is 6.92 Å². The predicted molar refractivity (Wildman–Crippen MR) is 68.0 cm³/mol. The highest BCUT2D eigenvalue weighted by Gasteiger charge is 2.06. The summed E-state index contributed by atoms with van der Waals surface area (Å²) in [6.45, 7) is 2.18. The van der Waals surface area contributed by atoms with Crippen LogP contribution < -0.4 is 16.0 Å². The first-order valence-corrected chi connectivity index (χ1v) is 5.52. The molecule has 1 aromatic carbocycles. The van der Waals surface area contributed by atoms with Crippen molar-refractivity contribution in [3.63, 3.8) is 0 Å². The van der Waals surface area contributed by atoms with Crippen molar-refractivity contribution in [2.75, 3.05) is 12.3 Å². The van der Waals surface area contributed by atoms with Gasteiger partial charge in [-0.2, -0.15) is 0 Å². The monoisotopic (exact) mass is 248 g/mol. The van der Waals surface area contributed by atoms with Crippen LogP contribution in [0.5, 0.6) is 5.75 Å². The number of H-pyrrole nitrogens is 1. The van der Waals surface area contributed by atoms with Crippen molar-refractivity contribution in [2.24, 2.45) is 0 Å². The van der Waals surface area contributed by atoms with Gasteiger partial charge >= 0.3 is 0 Å². The van der Waals surface area contributed by atoms with E-state index in [1.165, 1.54) is 18.2 Å². The Morgan fingerprint density at radius 3 is 2.67 bits per heavy atom. The maximum Gasteiger partial charge on any atom is 0.250 e. The van der Waals surface area contributed by atoms with Crippen molar-refractivity contribution in [1.82, 2.24) is 4.98 Å². The highest BCUT2D eigenvalue weighted by atomic mass is 19.1. The number of benzene rings is 1. The Balaban J connectivity index is 2.45. The quantitative estimate of drug-likeness (QED) is 0.874. The Bertz CT molecular complexity index is 623. The number of ether oxygens (including phenoxy) is 1. The molecule has 0 aliphatic rings. The number of aromatic amines is 1. The molecule has 0 fully saturated rings. The van der Waals surface area contributed by atoms with Crippen LogP contribution in [0.4, 0.5) is 10.2 Å². The number of pyridine rings is 1. The SMILES string of the molecule is CCOc1ccc(-c2cc(N)[nH]c(=O)c2)cc1F. The number of rotatable bonds is 3. The predicted octanol–water partition coefficient (Wildman–Crippen LogP) is 2.16. The number of hydrogen-bond acceptors (Lipinski definition) is 3. The van der Waals surface area contributed by atoms with E-state index in [0.29, 0.717) is 17.7 Å². The molecule has 0 unspecified atom stereocenters. The normalized spacial score (nSPS) is 10.3. The Morgan fingerprint density at radius 2 is 2.06 bits per heavy atom. The van der Waals surface area contributed by atoms with Crippen LogP contribution in [-0.2, 0) is 0 Å². The third kappa shape index (κ3) is 2.51. The van der Waals surface area contributed by atoms with Gasteiger partial charge < -0.3 is 15.5 Å². The minimum absolute atomic E-state index is 0.194. The molecule has 18 heavy (non-hydrogen) atoms. The largest absolute Gasteiger partial charge is 0.491 e. The van der Waals surface area contributed by atoms with E-state index in [2.05, 4.69) is 4.98 Å². The Morgan fingerprint density at radius 1 is 1.28 bits per heavy atom. The molecular weight excluding hydrogens is 235 g/mol. The molecule has 0 aliphatic heterocycles. The third-order valence-electron chi connectivity index (χ3n) is 2.43.